The summed E-state index contributed by atoms with van der Waals surface area (Å²) < 4.78 is 5.50. The Kier molecular flexibility index (Phi) is 4.88. The monoisotopic (exact) mass is 310 g/mol. The highest BCUT2D eigenvalue weighted by molar-refractivity contribution is 6.30. The maximum absolute atomic E-state index is 11.3. The Morgan fingerprint density at radius 3 is 2.40 bits per heavy atom. The van der Waals surface area contributed by atoms with E-state index in [1.165, 1.54) is 0 Å². The molecule has 0 bridgehead atoms. The van der Waals surface area contributed by atoms with Crippen molar-refractivity contribution < 1.29 is 14.6 Å². The summed E-state index contributed by atoms with van der Waals surface area (Å²) in [6.45, 7) is 0.0251. The summed E-state index contributed by atoms with van der Waals surface area (Å²) in [6.07, 6.45) is 0. The number of benzene rings is 2. The predicted molar refractivity (Wildman–Crippen MR) is 78.8 cm³/mol. The molecule has 0 aromatic heterocycles. The first-order valence-electron chi connectivity index (χ1n) is 5.93. The van der Waals surface area contributed by atoms with Crippen LogP contribution in [0.3, 0.4) is 0 Å². The van der Waals surface area contributed by atoms with Crippen LogP contribution in [0.15, 0.2) is 48.5 Å². The lowest BCUT2D eigenvalue weighted by atomic mass is 10.0. The van der Waals surface area contributed by atoms with Crippen LogP contribution in [0.4, 0.5) is 0 Å². The van der Waals surface area contributed by atoms with Crippen LogP contribution >= 0.6 is 23.2 Å². The molecule has 20 heavy (non-hydrogen) atoms. The van der Waals surface area contributed by atoms with Gasteiger partial charge in [-0.3, -0.25) is 4.79 Å². The number of hydrogen-bond donors (Lipinski definition) is 1. The Morgan fingerprint density at radius 2 is 1.80 bits per heavy atom. The quantitative estimate of drug-likeness (QED) is 0.898. The highest BCUT2D eigenvalue weighted by Gasteiger charge is 2.20. The molecule has 2 rings (SSSR count). The van der Waals surface area contributed by atoms with Crippen molar-refractivity contribution in [1.29, 1.82) is 0 Å². The maximum atomic E-state index is 11.3. The zero-order valence-corrected chi connectivity index (χ0v) is 11.9. The molecule has 0 amide bonds. The van der Waals surface area contributed by atoms with Gasteiger partial charge in [-0.2, -0.15) is 0 Å². The summed E-state index contributed by atoms with van der Waals surface area (Å²) in [4.78, 5) is 11.3. The van der Waals surface area contributed by atoms with Crippen molar-refractivity contribution >= 4 is 29.2 Å². The lowest BCUT2D eigenvalue weighted by Gasteiger charge is -2.14. The fraction of sp³-hybridized carbons (Fsp3) is 0.133. The number of carbonyl (C=O) groups is 1. The third-order valence-corrected chi connectivity index (χ3v) is 3.27. The summed E-state index contributed by atoms with van der Waals surface area (Å²) in [5, 5.41) is 10.4. The summed E-state index contributed by atoms with van der Waals surface area (Å²) in [5.41, 5.74) is 0.643. The van der Waals surface area contributed by atoms with E-state index >= 15 is 0 Å². The van der Waals surface area contributed by atoms with E-state index in [-0.39, 0.29) is 6.61 Å². The van der Waals surface area contributed by atoms with Crippen molar-refractivity contribution in [3.63, 3.8) is 0 Å². The van der Waals surface area contributed by atoms with Crippen molar-refractivity contribution in [2.75, 3.05) is 6.61 Å². The fourth-order valence-electron chi connectivity index (χ4n) is 1.74. The number of ether oxygens (including phenoxy) is 1. The molecule has 0 heterocycles. The summed E-state index contributed by atoms with van der Waals surface area (Å²) >= 11 is 11.6. The molecule has 0 saturated carbocycles. The molecule has 1 unspecified atom stereocenters. The molecular weight excluding hydrogens is 299 g/mol. The summed E-state index contributed by atoms with van der Waals surface area (Å²) in [6, 6.07) is 13.5. The molecule has 1 atom stereocenters. The van der Waals surface area contributed by atoms with Gasteiger partial charge in [0.25, 0.3) is 0 Å². The van der Waals surface area contributed by atoms with Crippen molar-refractivity contribution in [1.82, 2.24) is 0 Å². The van der Waals surface area contributed by atoms with Gasteiger partial charge in [0, 0.05) is 10.0 Å². The van der Waals surface area contributed by atoms with Gasteiger partial charge in [-0.15, -0.1) is 0 Å². The minimum Gasteiger partial charge on any atom is -0.492 e. The third kappa shape index (κ3) is 3.89. The summed E-state index contributed by atoms with van der Waals surface area (Å²) in [7, 11) is 0. The molecule has 5 heteroatoms. The molecule has 0 aliphatic carbocycles. The lowest BCUT2D eigenvalue weighted by Crippen LogP contribution is -2.19. The van der Waals surface area contributed by atoms with Crippen LogP contribution < -0.4 is 4.74 Å². The van der Waals surface area contributed by atoms with Crippen LogP contribution in [0.1, 0.15) is 11.5 Å². The van der Waals surface area contributed by atoms with Gasteiger partial charge in [-0.05, 0) is 35.9 Å². The van der Waals surface area contributed by atoms with Crippen molar-refractivity contribution in [3.05, 3.63) is 64.1 Å². The number of aliphatic carboxylic acids is 1. The molecule has 0 aliphatic rings. The second-order valence-electron chi connectivity index (χ2n) is 4.21. The molecule has 0 saturated heterocycles. The Bertz CT molecular complexity index is 596. The average molecular weight is 311 g/mol. The normalized spacial score (nSPS) is 11.9. The molecule has 0 aliphatic heterocycles. The largest absolute Gasteiger partial charge is 0.492 e. The van der Waals surface area contributed by atoms with Crippen molar-refractivity contribution in [2.45, 2.75) is 5.92 Å². The molecule has 2 aromatic rings. The molecule has 104 valence electrons. The van der Waals surface area contributed by atoms with Crippen molar-refractivity contribution in [2.24, 2.45) is 0 Å². The van der Waals surface area contributed by atoms with Gasteiger partial charge in [0.15, 0.2) is 0 Å². The highest BCUT2D eigenvalue weighted by atomic mass is 35.5. The van der Waals surface area contributed by atoms with Gasteiger partial charge in [0.05, 0.1) is 0 Å². The number of carboxylic acid groups (broad SMARTS) is 1. The predicted octanol–water partition coefficient (Wildman–Crippen LogP) is 4.24. The minimum atomic E-state index is -0.950. The first-order chi connectivity index (χ1) is 9.56. The third-order valence-electron chi connectivity index (χ3n) is 2.78. The van der Waals surface area contributed by atoms with Gasteiger partial charge in [0.2, 0.25) is 0 Å². The smallest absolute Gasteiger partial charge is 0.314 e. The second kappa shape index (κ2) is 6.64. The second-order valence-corrected chi connectivity index (χ2v) is 5.08. The van der Waals surface area contributed by atoms with Gasteiger partial charge in [-0.1, -0.05) is 41.4 Å². The number of rotatable bonds is 5. The highest BCUT2D eigenvalue weighted by Crippen LogP contribution is 2.22. The van der Waals surface area contributed by atoms with Gasteiger partial charge in [0.1, 0.15) is 18.3 Å². The van der Waals surface area contributed by atoms with Crippen LogP contribution in [0.2, 0.25) is 10.0 Å². The number of carboxylic acids is 1. The van der Waals surface area contributed by atoms with E-state index in [1.54, 1.807) is 48.5 Å². The van der Waals surface area contributed by atoms with E-state index in [2.05, 4.69) is 0 Å². The Morgan fingerprint density at radius 1 is 1.10 bits per heavy atom. The van der Waals surface area contributed by atoms with Crippen LogP contribution in [0, 0.1) is 0 Å². The van der Waals surface area contributed by atoms with Crippen LogP contribution in [-0.2, 0) is 4.79 Å². The van der Waals surface area contributed by atoms with E-state index in [9.17, 15) is 9.90 Å². The van der Waals surface area contributed by atoms with E-state index in [0.29, 0.717) is 21.4 Å². The summed E-state index contributed by atoms with van der Waals surface area (Å²) in [5.74, 6) is -1.17. The maximum Gasteiger partial charge on any atom is 0.314 e. The number of halogens is 2. The Hall–Kier alpha value is -1.71. The first-order valence-corrected chi connectivity index (χ1v) is 6.68. The van der Waals surface area contributed by atoms with E-state index in [1.807, 2.05) is 0 Å². The van der Waals surface area contributed by atoms with Crippen LogP contribution in [-0.4, -0.2) is 17.7 Å². The first kappa shape index (κ1) is 14.7. The average Bonchev–Trinajstić information content (AvgIpc) is 2.41. The Labute approximate surface area is 126 Å². The van der Waals surface area contributed by atoms with Crippen molar-refractivity contribution in [3.8, 4) is 5.75 Å². The fourth-order valence-corrected chi connectivity index (χ4v) is 2.05. The Balaban J connectivity index is 2.10. The standard InChI is InChI=1S/C15H12Cl2O3/c16-11-6-4-10(5-7-11)14(15(18)19)9-20-13-3-1-2-12(17)8-13/h1-8,14H,9H2,(H,18,19). The van der Waals surface area contributed by atoms with E-state index in [0.717, 1.165) is 0 Å². The SMILES string of the molecule is O=C(O)C(COc1cccc(Cl)c1)c1ccc(Cl)cc1. The molecular formula is C15H12Cl2O3. The lowest BCUT2D eigenvalue weighted by molar-refractivity contribution is -0.139. The topological polar surface area (TPSA) is 46.5 Å². The zero-order chi connectivity index (χ0) is 14.5. The van der Waals surface area contributed by atoms with Gasteiger partial charge in [-0.25, -0.2) is 0 Å². The zero-order valence-electron chi connectivity index (χ0n) is 10.4. The van der Waals surface area contributed by atoms with E-state index < -0.39 is 11.9 Å². The van der Waals surface area contributed by atoms with Gasteiger partial charge >= 0.3 is 5.97 Å². The minimum absolute atomic E-state index is 0.0251. The molecule has 1 N–H and O–H groups in total. The van der Waals surface area contributed by atoms with Crippen LogP contribution in [0.25, 0.3) is 0 Å². The molecule has 0 fully saturated rings. The molecule has 0 radical (unpaired) electrons. The van der Waals surface area contributed by atoms with Crippen LogP contribution in [0.5, 0.6) is 5.75 Å². The molecule has 2 aromatic carbocycles. The molecule has 0 spiro atoms. The van der Waals surface area contributed by atoms with E-state index in [4.69, 9.17) is 27.9 Å². The van der Waals surface area contributed by atoms with Gasteiger partial charge < -0.3 is 9.84 Å². The molecule has 3 nitrogen and oxygen atoms in total. The number of hydrogen-bond acceptors (Lipinski definition) is 2.